The molecule has 1 aromatic heterocycles. The van der Waals surface area contributed by atoms with Gasteiger partial charge in [-0.1, -0.05) is 18.2 Å². The van der Waals surface area contributed by atoms with Crippen molar-refractivity contribution in [3.8, 4) is 0 Å². The highest BCUT2D eigenvalue weighted by Crippen LogP contribution is 2.18. The van der Waals surface area contributed by atoms with Crippen LogP contribution in [0.5, 0.6) is 0 Å². The number of pyridine rings is 1. The monoisotopic (exact) mass is 241 g/mol. The standard InChI is InChI=1S/C15H19N3/c1-2-3-8-18-15(11-16)13-6-7-14-12(10-13)5-4-9-17-14/h2,4-7,9-10,15,18H,1,3,8,11,16H2. The summed E-state index contributed by atoms with van der Waals surface area (Å²) in [4.78, 5) is 4.32. The lowest BCUT2D eigenvalue weighted by Crippen LogP contribution is -2.28. The van der Waals surface area contributed by atoms with E-state index < -0.39 is 0 Å². The third-order valence-electron chi connectivity index (χ3n) is 3.00. The molecule has 18 heavy (non-hydrogen) atoms. The Morgan fingerprint density at radius 3 is 3.06 bits per heavy atom. The summed E-state index contributed by atoms with van der Waals surface area (Å²) in [5.41, 5.74) is 8.05. The van der Waals surface area contributed by atoms with Gasteiger partial charge in [0.15, 0.2) is 0 Å². The minimum atomic E-state index is 0.189. The predicted molar refractivity (Wildman–Crippen MR) is 76.4 cm³/mol. The molecule has 0 amide bonds. The van der Waals surface area contributed by atoms with E-state index in [1.165, 1.54) is 5.56 Å². The van der Waals surface area contributed by atoms with Crippen LogP contribution in [0.2, 0.25) is 0 Å². The molecule has 0 radical (unpaired) electrons. The van der Waals surface area contributed by atoms with Crippen LogP contribution in [0.1, 0.15) is 18.0 Å². The highest BCUT2D eigenvalue weighted by Gasteiger charge is 2.08. The number of nitrogens with one attached hydrogen (secondary N) is 1. The molecule has 0 aliphatic carbocycles. The van der Waals surface area contributed by atoms with Gasteiger partial charge in [0.25, 0.3) is 0 Å². The molecular formula is C15H19N3. The number of fused-ring (bicyclic) bond motifs is 1. The maximum atomic E-state index is 5.83. The number of hydrogen-bond acceptors (Lipinski definition) is 3. The van der Waals surface area contributed by atoms with Gasteiger partial charge in [-0.15, -0.1) is 6.58 Å². The van der Waals surface area contributed by atoms with Crippen molar-refractivity contribution < 1.29 is 0 Å². The van der Waals surface area contributed by atoms with Crippen molar-refractivity contribution >= 4 is 10.9 Å². The third-order valence-corrected chi connectivity index (χ3v) is 3.00. The Morgan fingerprint density at radius 1 is 1.39 bits per heavy atom. The molecule has 0 saturated carbocycles. The van der Waals surface area contributed by atoms with Gasteiger partial charge in [-0.2, -0.15) is 0 Å². The van der Waals surface area contributed by atoms with Crippen LogP contribution in [0.15, 0.2) is 49.2 Å². The minimum absolute atomic E-state index is 0.189. The fourth-order valence-corrected chi connectivity index (χ4v) is 2.01. The Balaban J connectivity index is 2.19. The van der Waals surface area contributed by atoms with Crippen molar-refractivity contribution in [1.29, 1.82) is 0 Å². The van der Waals surface area contributed by atoms with Crippen molar-refractivity contribution in [2.24, 2.45) is 5.73 Å². The summed E-state index contributed by atoms with van der Waals surface area (Å²) in [6.07, 6.45) is 4.67. The normalized spacial score (nSPS) is 12.5. The first-order chi connectivity index (χ1) is 8.85. The molecule has 1 unspecified atom stereocenters. The SMILES string of the molecule is C=CCCNC(CN)c1ccc2ncccc2c1. The van der Waals surface area contributed by atoms with E-state index in [0.29, 0.717) is 6.54 Å². The second-order valence-corrected chi connectivity index (χ2v) is 4.28. The summed E-state index contributed by atoms with van der Waals surface area (Å²) in [6.45, 7) is 5.20. The first-order valence-electron chi connectivity index (χ1n) is 6.24. The Morgan fingerprint density at radius 2 is 2.28 bits per heavy atom. The lowest BCUT2D eigenvalue weighted by Gasteiger charge is -2.17. The van der Waals surface area contributed by atoms with Crippen LogP contribution in [-0.4, -0.2) is 18.1 Å². The lowest BCUT2D eigenvalue weighted by molar-refractivity contribution is 0.549. The van der Waals surface area contributed by atoms with Crippen LogP contribution in [0.3, 0.4) is 0 Å². The van der Waals surface area contributed by atoms with E-state index in [1.807, 2.05) is 24.4 Å². The average molecular weight is 241 g/mol. The van der Waals surface area contributed by atoms with Crippen molar-refractivity contribution in [2.45, 2.75) is 12.5 Å². The number of nitrogens with zero attached hydrogens (tertiary/aromatic N) is 1. The first kappa shape index (κ1) is 12.7. The fourth-order valence-electron chi connectivity index (χ4n) is 2.01. The second-order valence-electron chi connectivity index (χ2n) is 4.28. The zero-order valence-electron chi connectivity index (χ0n) is 10.5. The molecule has 2 rings (SSSR count). The maximum Gasteiger partial charge on any atom is 0.0702 e. The maximum absolute atomic E-state index is 5.83. The van der Waals surface area contributed by atoms with Gasteiger partial charge < -0.3 is 11.1 Å². The number of hydrogen-bond donors (Lipinski definition) is 2. The molecule has 3 nitrogen and oxygen atoms in total. The molecule has 0 spiro atoms. The van der Waals surface area contributed by atoms with Crippen molar-refractivity contribution in [3.05, 3.63) is 54.7 Å². The van der Waals surface area contributed by atoms with E-state index in [1.54, 1.807) is 0 Å². The summed E-state index contributed by atoms with van der Waals surface area (Å²) < 4.78 is 0. The van der Waals surface area contributed by atoms with Gasteiger partial charge in [0.05, 0.1) is 5.52 Å². The quantitative estimate of drug-likeness (QED) is 0.603. The molecule has 3 heteroatoms. The molecule has 0 aliphatic rings. The topological polar surface area (TPSA) is 50.9 Å². The highest BCUT2D eigenvalue weighted by atomic mass is 14.9. The lowest BCUT2D eigenvalue weighted by atomic mass is 10.0. The van der Waals surface area contributed by atoms with E-state index in [9.17, 15) is 0 Å². The molecule has 1 atom stereocenters. The molecule has 94 valence electrons. The summed E-state index contributed by atoms with van der Waals surface area (Å²) in [5, 5.41) is 4.59. The Labute approximate surface area is 108 Å². The van der Waals surface area contributed by atoms with E-state index in [4.69, 9.17) is 5.73 Å². The van der Waals surface area contributed by atoms with Gasteiger partial charge in [-0.25, -0.2) is 0 Å². The smallest absolute Gasteiger partial charge is 0.0702 e. The zero-order valence-corrected chi connectivity index (χ0v) is 10.5. The summed E-state index contributed by atoms with van der Waals surface area (Å²) in [6, 6.07) is 10.5. The molecule has 3 N–H and O–H groups in total. The van der Waals surface area contributed by atoms with Crippen LogP contribution < -0.4 is 11.1 Å². The Bertz CT molecular complexity index is 522. The third kappa shape index (κ3) is 2.94. The summed E-state index contributed by atoms with van der Waals surface area (Å²) in [7, 11) is 0. The molecule has 1 aromatic carbocycles. The molecular weight excluding hydrogens is 222 g/mol. The molecule has 2 aromatic rings. The number of benzene rings is 1. The Kier molecular flexibility index (Phi) is 4.45. The van der Waals surface area contributed by atoms with E-state index >= 15 is 0 Å². The van der Waals surface area contributed by atoms with Gasteiger partial charge >= 0.3 is 0 Å². The van der Waals surface area contributed by atoms with Crippen LogP contribution in [0.25, 0.3) is 10.9 Å². The van der Waals surface area contributed by atoms with Gasteiger partial charge in [0, 0.05) is 24.2 Å². The zero-order chi connectivity index (χ0) is 12.8. The molecule has 0 bridgehead atoms. The minimum Gasteiger partial charge on any atom is -0.329 e. The number of nitrogens with two attached hydrogens (primary N) is 1. The van der Waals surface area contributed by atoms with Gasteiger partial charge in [0.2, 0.25) is 0 Å². The van der Waals surface area contributed by atoms with Crippen LogP contribution in [0, 0.1) is 0 Å². The number of rotatable bonds is 6. The van der Waals surface area contributed by atoms with Crippen molar-refractivity contribution in [1.82, 2.24) is 10.3 Å². The average Bonchev–Trinajstić information content (AvgIpc) is 2.43. The first-order valence-corrected chi connectivity index (χ1v) is 6.24. The molecule has 0 fully saturated rings. The van der Waals surface area contributed by atoms with E-state index in [2.05, 4.69) is 35.1 Å². The highest BCUT2D eigenvalue weighted by molar-refractivity contribution is 5.79. The molecule has 0 saturated heterocycles. The van der Waals surface area contributed by atoms with Crippen molar-refractivity contribution in [3.63, 3.8) is 0 Å². The van der Waals surface area contributed by atoms with Crippen LogP contribution >= 0.6 is 0 Å². The largest absolute Gasteiger partial charge is 0.329 e. The molecule has 0 aliphatic heterocycles. The van der Waals surface area contributed by atoms with Crippen molar-refractivity contribution in [2.75, 3.05) is 13.1 Å². The fraction of sp³-hybridized carbons (Fsp3) is 0.267. The summed E-state index contributed by atoms with van der Waals surface area (Å²) >= 11 is 0. The predicted octanol–water partition coefficient (Wildman–Crippen LogP) is 2.40. The number of aromatic nitrogens is 1. The van der Waals surface area contributed by atoms with E-state index in [0.717, 1.165) is 23.9 Å². The van der Waals surface area contributed by atoms with Crippen LogP contribution in [0.4, 0.5) is 0 Å². The van der Waals surface area contributed by atoms with Crippen LogP contribution in [-0.2, 0) is 0 Å². The summed E-state index contributed by atoms with van der Waals surface area (Å²) in [5.74, 6) is 0. The van der Waals surface area contributed by atoms with Gasteiger partial charge in [-0.05, 0) is 36.7 Å². The van der Waals surface area contributed by atoms with E-state index in [-0.39, 0.29) is 6.04 Å². The second kappa shape index (κ2) is 6.28. The van der Waals surface area contributed by atoms with Gasteiger partial charge in [-0.3, -0.25) is 4.98 Å². The Hall–Kier alpha value is -1.71. The molecule has 1 heterocycles. The van der Waals surface area contributed by atoms with Gasteiger partial charge in [0.1, 0.15) is 0 Å².